The van der Waals surface area contributed by atoms with Crippen LogP contribution in [-0.4, -0.2) is 22.1 Å². The third-order valence-electron chi connectivity index (χ3n) is 4.17. The zero-order valence-electron chi connectivity index (χ0n) is 16.1. The Morgan fingerprint density at radius 3 is 2.44 bits per heavy atom. The summed E-state index contributed by atoms with van der Waals surface area (Å²) < 4.78 is 6.69. The Bertz CT molecular complexity index is 935. The lowest BCUT2D eigenvalue weighted by Crippen LogP contribution is -2.26. The molecule has 2 rings (SSSR count). The molecule has 0 bridgehead atoms. The van der Waals surface area contributed by atoms with Crippen LogP contribution in [0.4, 0.5) is 0 Å². The molecule has 0 aliphatic heterocycles. The summed E-state index contributed by atoms with van der Waals surface area (Å²) >= 11 is 0. The van der Waals surface area contributed by atoms with Gasteiger partial charge in [-0.2, -0.15) is 5.26 Å². The van der Waals surface area contributed by atoms with Gasteiger partial charge in [0.1, 0.15) is 17.4 Å². The third-order valence-corrected chi connectivity index (χ3v) is 4.17. The van der Waals surface area contributed by atoms with E-state index in [2.05, 4.69) is 0 Å². The first kappa shape index (κ1) is 20.2. The van der Waals surface area contributed by atoms with Gasteiger partial charge in [0.2, 0.25) is 5.88 Å². The number of nitrogens with zero attached hydrogens (tertiary/aromatic N) is 2. The van der Waals surface area contributed by atoms with Gasteiger partial charge in [0.05, 0.1) is 12.2 Å². The van der Waals surface area contributed by atoms with Gasteiger partial charge in [0.15, 0.2) is 5.78 Å². The van der Waals surface area contributed by atoms with Crippen molar-refractivity contribution >= 4 is 5.78 Å². The van der Waals surface area contributed by atoms with Gasteiger partial charge in [-0.3, -0.25) is 14.2 Å². The van der Waals surface area contributed by atoms with Gasteiger partial charge in [-0.25, -0.2) is 0 Å². The van der Waals surface area contributed by atoms with E-state index in [1.165, 1.54) is 6.92 Å². The van der Waals surface area contributed by atoms with Crippen LogP contribution in [0.5, 0.6) is 11.6 Å². The Kier molecular flexibility index (Phi) is 6.40. The molecule has 1 aromatic heterocycles. The maximum absolute atomic E-state index is 13.0. The van der Waals surface area contributed by atoms with E-state index in [1.807, 2.05) is 26.8 Å². The number of aromatic nitrogens is 1. The number of ether oxygens (including phenoxy) is 1. The molecule has 0 fully saturated rings. The second-order valence-electron chi connectivity index (χ2n) is 6.83. The van der Waals surface area contributed by atoms with E-state index in [0.29, 0.717) is 30.3 Å². The summed E-state index contributed by atoms with van der Waals surface area (Å²) in [6, 6.07) is 8.45. The van der Waals surface area contributed by atoms with Crippen molar-refractivity contribution in [3.63, 3.8) is 0 Å². The van der Waals surface area contributed by atoms with Crippen molar-refractivity contribution in [1.29, 1.82) is 5.26 Å². The highest BCUT2D eigenvalue weighted by molar-refractivity contribution is 6.11. The van der Waals surface area contributed by atoms with Gasteiger partial charge in [-0.1, -0.05) is 20.8 Å². The van der Waals surface area contributed by atoms with Crippen molar-refractivity contribution in [1.82, 2.24) is 4.57 Å². The third kappa shape index (κ3) is 4.20. The highest BCUT2D eigenvalue weighted by Gasteiger charge is 2.24. The van der Waals surface area contributed by atoms with Crippen LogP contribution in [0.25, 0.3) is 0 Å². The number of nitriles is 1. The molecule has 0 amide bonds. The lowest BCUT2D eigenvalue weighted by Gasteiger charge is -2.15. The van der Waals surface area contributed by atoms with Crippen molar-refractivity contribution in [2.45, 2.75) is 40.7 Å². The summed E-state index contributed by atoms with van der Waals surface area (Å²) in [5, 5.41) is 19.9. The van der Waals surface area contributed by atoms with E-state index >= 15 is 0 Å². The monoisotopic (exact) mass is 368 g/mol. The van der Waals surface area contributed by atoms with Gasteiger partial charge >= 0.3 is 0 Å². The first-order chi connectivity index (χ1) is 12.8. The molecular formula is C21H24N2O4. The Morgan fingerprint density at radius 2 is 1.93 bits per heavy atom. The highest BCUT2D eigenvalue weighted by Crippen LogP contribution is 2.26. The Hall–Kier alpha value is -3.07. The van der Waals surface area contributed by atoms with Crippen LogP contribution in [0.3, 0.4) is 0 Å². The number of aromatic hydroxyl groups is 1. The zero-order valence-corrected chi connectivity index (χ0v) is 16.1. The SMILES string of the molecule is CCCn1c(O)c(C(=O)c2ccc(OCC(C)C)cc2)c(C)c(C#N)c1=O. The van der Waals surface area contributed by atoms with Crippen molar-refractivity contribution in [2.24, 2.45) is 5.92 Å². The van der Waals surface area contributed by atoms with E-state index in [4.69, 9.17) is 4.74 Å². The summed E-state index contributed by atoms with van der Waals surface area (Å²) in [5.41, 5.74) is -0.186. The molecule has 0 saturated carbocycles. The smallest absolute Gasteiger partial charge is 0.271 e. The predicted octanol–water partition coefficient (Wildman–Crippen LogP) is 3.41. The average Bonchev–Trinajstić information content (AvgIpc) is 2.64. The number of carbonyl (C=O) groups excluding carboxylic acids is 1. The normalized spacial score (nSPS) is 10.7. The summed E-state index contributed by atoms with van der Waals surface area (Å²) in [7, 11) is 0. The fourth-order valence-corrected chi connectivity index (χ4v) is 2.76. The van der Waals surface area contributed by atoms with Gasteiger partial charge in [-0.15, -0.1) is 0 Å². The van der Waals surface area contributed by atoms with Crippen molar-refractivity contribution in [3.05, 3.63) is 56.9 Å². The molecule has 1 aromatic carbocycles. The average molecular weight is 368 g/mol. The minimum atomic E-state index is -0.580. The van der Waals surface area contributed by atoms with Gasteiger partial charge < -0.3 is 9.84 Å². The lowest BCUT2D eigenvalue weighted by molar-refractivity contribution is 0.103. The van der Waals surface area contributed by atoms with Gasteiger partial charge in [0.25, 0.3) is 5.56 Å². The molecular weight excluding hydrogens is 344 g/mol. The molecule has 142 valence electrons. The minimum Gasteiger partial charge on any atom is -0.494 e. The van der Waals surface area contributed by atoms with Gasteiger partial charge in [0, 0.05) is 12.1 Å². The Morgan fingerprint density at radius 1 is 1.30 bits per heavy atom. The second-order valence-corrected chi connectivity index (χ2v) is 6.83. The van der Waals surface area contributed by atoms with E-state index in [-0.39, 0.29) is 23.2 Å². The first-order valence-corrected chi connectivity index (χ1v) is 8.95. The standard InChI is InChI=1S/C21H24N2O4/c1-5-10-23-20(25)17(11-22)14(4)18(21(23)26)19(24)15-6-8-16(9-7-15)27-12-13(2)3/h6-9,13,26H,5,10,12H2,1-4H3. The zero-order chi connectivity index (χ0) is 20.1. The summed E-state index contributed by atoms with van der Waals surface area (Å²) in [5.74, 6) is 0.190. The van der Waals surface area contributed by atoms with Crippen LogP contribution in [0, 0.1) is 24.2 Å². The molecule has 0 atom stereocenters. The molecule has 0 radical (unpaired) electrons. The summed E-state index contributed by atoms with van der Waals surface area (Å²) in [6.07, 6.45) is 0.580. The topological polar surface area (TPSA) is 92.3 Å². The molecule has 1 heterocycles. The molecule has 0 aliphatic carbocycles. The summed E-state index contributed by atoms with van der Waals surface area (Å²) in [6.45, 7) is 8.23. The van der Waals surface area contributed by atoms with Crippen molar-refractivity contribution in [2.75, 3.05) is 6.61 Å². The molecule has 6 nitrogen and oxygen atoms in total. The van der Waals surface area contributed by atoms with Crippen molar-refractivity contribution in [3.8, 4) is 17.7 Å². The molecule has 0 unspecified atom stereocenters. The van der Waals surface area contributed by atoms with Crippen LogP contribution in [-0.2, 0) is 6.54 Å². The number of pyridine rings is 1. The molecule has 6 heteroatoms. The number of hydrogen-bond acceptors (Lipinski definition) is 5. The van der Waals surface area contributed by atoms with Crippen LogP contribution in [0.15, 0.2) is 29.1 Å². The minimum absolute atomic E-state index is 0.0181. The number of rotatable bonds is 7. The van der Waals surface area contributed by atoms with E-state index < -0.39 is 17.2 Å². The maximum atomic E-state index is 13.0. The molecule has 27 heavy (non-hydrogen) atoms. The Labute approximate surface area is 158 Å². The number of hydrogen-bond donors (Lipinski definition) is 1. The molecule has 0 spiro atoms. The number of ketones is 1. The number of benzene rings is 1. The fraction of sp³-hybridized carbons (Fsp3) is 0.381. The van der Waals surface area contributed by atoms with E-state index in [9.17, 15) is 20.0 Å². The number of carbonyl (C=O) groups is 1. The van der Waals surface area contributed by atoms with Crippen LogP contribution < -0.4 is 10.3 Å². The quantitative estimate of drug-likeness (QED) is 0.756. The molecule has 1 N–H and O–H groups in total. The molecule has 0 saturated heterocycles. The first-order valence-electron chi connectivity index (χ1n) is 8.95. The maximum Gasteiger partial charge on any atom is 0.271 e. The summed E-state index contributed by atoms with van der Waals surface area (Å²) in [4.78, 5) is 25.3. The highest BCUT2D eigenvalue weighted by atomic mass is 16.5. The van der Waals surface area contributed by atoms with Crippen molar-refractivity contribution < 1.29 is 14.6 Å². The van der Waals surface area contributed by atoms with Crippen LogP contribution in [0.1, 0.15) is 54.2 Å². The van der Waals surface area contributed by atoms with Crippen LogP contribution in [0.2, 0.25) is 0 Å². The van der Waals surface area contributed by atoms with Gasteiger partial charge in [-0.05, 0) is 49.1 Å². The van der Waals surface area contributed by atoms with E-state index in [0.717, 1.165) is 4.57 Å². The lowest BCUT2D eigenvalue weighted by atomic mass is 9.97. The predicted molar refractivity (Wildman–Crippen MR) is 102 cm³/mol. The fourth-order valence-electron chi connectivity index (χ4n) is 2.76. The largest absolute Gasteiger partial charge is 0.494 e. The van der Waals surface area contributed by atoms with E-state index in [1.54, 1.807) is 24.3 Å². The molecule has 2 aromatic rings. The molecule has 0 aliphatic rings. The van der Waals surface area contributed by atoms with Crippen LogP contribution >= 0.6 is 0 Å². The second kappa shape index (κ2) is 8.54. The Balaban J connectivity index is 2.48.